The molecule has 3 aromatic carbocycles. The van der Waals surface area contributed by atoms with Crippen LogP contribution in [0.15, 0.2) is 103 Å². The van der Waals surface area contributed by atoms with E-state index >= 15 is 0 Å². The van der Waals surface area contributed by atoms with E-state index in [1.54, 1.807) is 35.0 Å². The normalized spacial score (nSPS) is 15.4. The molecule has 2 N–H and O–H groups in total. The topological polar surface area (TPSA) is 85.2 Å². The van der Waals surface area contributed by atoms with Crippen molar-refractivity contribution in [1.82, 2.24) is 20.4 Å². The third-order valence-electron chi connectivity index (χ3n) is 6.15. The van der Waals surface area contributed by atoms with Gasteiger partial charge in [0.05, 0.1) is 11.8 Å². The van der Waals surface area contributed by atoms with Crippen LogP contribution in [-0.4, -0.2) is 40.9 Å². The summed E-state index contributed by atoms with van der Waals surface area (Å²) < 4.78 is 7.42. The first-order chi connectivity index (χ1) is 18.2. The van der Waals surface area contributed by atoms with Crippen LogP contribution < -0.4 is 10.6 Å². The van der Waals surface area contributed by atoms with Gasteiger partial charge in [0.25, 0.3) is 11.8 Å². The summed E-state index contributed by atoms with van der Waals surface area (Å²) in [7, 11) is 0. The zero-order valence-corrected chi connectivity index (χ0v) is 20.3. The van der Waals surface area contributed by atoms with Crippen LogP contribution in [0.3, 0.4) is 0 Å². The predicted molar refractivity (Wildman–Crippen MR) is 143 cm³/mol. The molecule has 1 fully saturated rings. The number of ether oxygens (including phenoxy) is 1. The van der Waals surface area contributed by atoms with E-state index in [0.29, 0.717) is 30.0 Å². The molecule has 37 heavy (non-hydrogen) atoms. The van der Waals surface area contributed by atoms with Gasteiger partial charge in [0.1, 0.15) is 11.4 Å². The lowest BCUT2D eigenvalue weighted by Gasteiger charge is -2.14. The van der Waals surface area contributed by atoms with E-state index in [0.717, 1.165) is 24.1 Å². The summed E-state index contributed by atoms with van der Waals surface area (Å²) >= 11 is 0. The molecule has 1 aliphatic rings. The summed E-state index contributed by atoms with van der Waals surface area (Å²) in [6.45, 7) is 1.08. The van der Waals surface area contributed by atoms with Gasteiger partial charge in [0, 0.05) is 36.0 Å². The fraction of sp³-hybridized carbons (Fsp3) is 0.167. The molecule has 1 aliphatic heterocycles. The third-order valence-corrected chi connectivity index (χ3v) is 6.15. The van der Waals surface area contributed by atoms with Crippen LogP contribution in [0, 0.1) is 0 Å². The first-order valence-corrected chi connectivity index (χ1v) is 12.4. The number of hydrogen-bond donors (Lipinski definition) is 2. The van der Waals surface area contributed by atoms with Gasteiger partial charge in [0.15, 0.2) is 0 Å². The first-order valence-electron chi connectivity index (χ1n) is 12.4. The number of aromatic nitrogens is 2. The Kier molecular flexibility index (Phi) is 7.52. The molecule has 0 spiro atoms. The van der Waals surface area contributed by atoms with Crippen molar-refractivity contribution in [1.29, 1.82) is 0 Å². The Morgan fingerprint density at radius 2 is 1.62 bits per heavy atom. The monoisotopic (exact) mass is 492 g/mol. The van der Waals surface area contributed by atoms with Gasteiger partial charge in [-0.1, -0.05) is 66.7 Å². The number of nitrogens with one attached hydrogen (secondary N) is 2. The summed E-state index contributed by atoms with van der Waals surface area (Å²) in [5, 5.41) is 10.6. The van der Waals surface area contributed by atoms with Crippen molar-refractivity contribution in [2.45, 2.75) is 18.9 Å². The standard InChI is InChI=1S/C30H28N4O3/c35-29(23-13-6-2-7-14-23)32-27(30(36)31-20-26-17-10-18-37-26)19-24-21-34(25-15-8-3-9-16-25)33-28(24)22-11-4-1-5-12-22/h1-9,11-16,19,21,26H,10,17-18,20H2,(H,31,36)(H,32,35)/b27-19-. The molecule has 2 heterocycles. The van der Waals surface area contributed by atoms with Crippen molar-refractivity contribution in [3.05, 3.63) is 114 Å². The van der Waals surface area contributed by atoms with Gasteiger partial charge in [-0.05, 0) is 43.2 Å². The Balaban J connectivity index is 1.52. The molecule has 0 bridgehead atoms. The Labute approximate surface area is 215 Å². The van der Waals surface area contributed by atoms with Gasteiger partial charge in [-0.2, -0.15) is 5.10 Å². The van der Waals surface area contributed by atoms with Gasteiger partial charge in [-0.3, -0.25) is 9.59 Å². The fourth-order valence-corrected chi connectivity index (χ4v) is 4.23. The first kappa shape index (κ1) is 24.2. The van der Waals surface area contributed by atoms with Crippen LogP contribution in [0.5, 0.6) is 0 Å². The van der Waals surface area contributed by atoms with E-state index in [1.165, 1.54) is 0 Å². The molecule has 7 heteroatoms. The highest BCUT2D eigenvalue weighted by Gasteiger charge is 2.21. The van der Waals surface area contributed by atoms with Gasteiger partial charge < -0.3 is 15.4 Å². The SMILES string of the molecule is O=C(NCC1CCCO1)/C(=C/c1cn(-c2ccccc2)nc1-c1ccccc1)NC(=O)c1ccccc1. The van der Waals surface area contributed by atoms with E-state index in [4.69, 9.17) is 9.84 Å². The maximum atomic E-state index is 13.3. The van der Waals surface area contributed by atoms with Crippen LogP contribution in [0.4, 0.5) is 0 Å². The van der Waals surface area contributed by atoms with Crippen LogP contribution in [-0.2, 0) is 9.53 Å². The molecular formula is C30H28N4O3. The Morgan fingerprint density at radius 1 is 0.946 bits per heavy atom. The molecule has 1 aromatic heterocycles. The van der Waals surface area contributed by atoms with Crippen molar-refractivity contribution >= 4 is 17.9 Å². The summed E-state index contributed by atoms with van der Waals surface area (Å²) in [6, 6.07) is 28.3. The second kappa shape index (κ2) is 11.5. The van der Waals surface area contributed by atoms with Crippen molar-refractivity contribution in [3.8, 4) is 16.9 Å². The van der Waals surface area contributed by atoms with E-state index < -0.39 is 0 Å². The van der Waals surface area contributed by atoms with Crippen molar-refractivity contribution in [2.75, 3.05) is 13.2 Å². The van der Waals surface area contributed by atoms with E-state index in [2.05, 4.69) is 10.6 Å². The van der Waals surface area contributed by atoms with E-state index in [1.807, 2.05) is 72.9 Å². The predicted octanol–water partition coefficient (Wildman–Crippen LogP) is 4.61. The number of para-hydroxylation sites is 1. The molecule has 2 amide bonds. The molecule has 4 aromatic rings. The largest absolute Gasteiger partial charge is 0.376 e. The highest BCUT2D eigenvalue weighted by Crippen LogP contribution is 2.25. The van der Waals surface area contributed by atoms with Crippen LogP contribution in [0.25, 0.3) is 23.0 Å². The minimum Gasteiger partial charge on any atom is -0.376 e. The molecule has 5 rings (SSSR count). The lowest BCUT2D eigenvalue weighted by molar-refractivity contribution is -0.118. The van der Waals surface area contributed by atoms with E-state index in [-0.39, 0.29) is 23.6 Å². The van der Waals surface area contributed by atoms with E-state index in [9.17, 15) is 9.59 Å². The Morgan fingerprint density at radius 3 is 2.30 bits per heavy atom. The van der Waals surface area contributed by atoms with Gasteiger partial charge in [-0.15, -0.1) is 0 Å². The number of benzene rings is 3. The van der Waals surface area contributed by atoms with Gasteiger partial charge >= 0.3 is 0 Å². The molecule has 0 saturated carbocycles. The number of rotatable bonds is 8. The summed E-state index contributed by atoms with van der Waals surface area (Å²) in [5.74, 6) is -0.748. The highest BCUT2D eigenvalue weighted by atomic mass is 16.5. The molecule has 0 aliphatic carbocycles. The average molecular weight is 493 g/mol. The maximum Gasteiger partial charge on any atom is 0.267 e. The Hall–Kier alpha value is -4.49. The lowest BCUT2D eigenvalue weighted by atomic mass is 10.1. The van der Waals surface area contributed by atoms with Crippen LogP contribution in [0.2, 0.25) is 0 Å². The quantitative estimate of drug-likeness (QED) is 0.352. The number of hydrogen-bond acceptors (Lipinski definition) is 4. The maximum absolute atomic E-state index is 13.3. The molecule has 7 nitrogen and oxygen atoms in total. The van der Waals surface area contributed by atoms with Crippen LogP contribution in [0.1, 0.15) is 28.8 Å². The smallest absolute Gasteiger partial charge is 0.267 e. The van der Waals surface area contributed by atoms with Gasteiger partial charge in [0.2, 0.25) is 0 Å². The molecular weight excluding hydrogens is 464 g/mol. The summed E-state index contributed by atoms with van der Waals surface area (Å²) in [5.41, 5.74) is 3.78. The van der Waals surface area contributed by atoms with Crippen molar-refractivity contribution < 1.29 is 14.3 Å². The third kappa shape index (κ3) is 6.02. The summed E-state index contributed by atoms with van der Waals surface area (Å²) in [4.78, 5) is 26.3. The number of carbonyl (C=O) groups is 2. The number of amides is 2. The molecule has 1 unspecified atom stereocenters. The summed E-state index contributed by atoms with van der Waals surface area (Å²) in [6.07, 6.45) is 5.40. The zero-order valence-electron chi connectivity index (χ0n) is 20.3. The van der Waals surface area contributed by atoms with Crippen molar-refractivity contribution in [3.63, 3.8) is 0 Å². The minimum atomic E-state index is -0.383. The second-order valence-electron chi connectivity index (χ2n) is 8.80. The minimum absolute atomic E-state index is 0.0178. The molecule has 1 atom stereocenters. The fourth-order valence-electron chi connectivity index (χ4n) is 4.23. The lowest BCUT2D eigenvalue weighted by Crippen LogP contribution is -2.38. The molecule has 0 radical (unpaired) electrons. The number of nitrogens with zero attached hydrogens (tertiary/aromatic N) is 2. The highest BCUT2D eigenvalue weighted by molar-refractivity contribution is 6.05. The number of carbonyl (C=O) groups excluding carboxylic acids is 2. The Bertz CT molecular complexity index is 1380. The van der Waals surface area contributed by atoms with Crippen molar-refractivity contribution in [2.24, 2.45) is 0 Å². The van der Waals surface area contributed by atoms with Gasteiger partial charge in [-0.25, -0.2) is 4.68 Å². The average Bonchev–Trinajstić information content (AvgIpc) is 3.63. The second-order valence-corrected chi connectivity index (χ2v) is 8.80. The zero-order chi connectivity index (χ0) is 25.5. The molecule has 186 valence electrons. The molecule has 1 saturated heterocycles. The van der Waals surface area contributed by atoms with Crippen LogP contribution >= 0.6 is 0 Å².